The van der Waals surface area contributed by atoms with Crippen LogP contribution in [0.5, 0.6) is 0 Å². The molecule has 2 N–H and O–H groups in total. The van der Waals surface area contributed by atoms with Crippen LogP contribution in [0.15, 0.2) is 16.4 Å². The molecule has 1 aromatic heterocycles. The average molecular weight is 442 g/mol. The van der Waals surface area contributed by atoms with E-state index in [2.05, 4.69) is 20.8 Å². The van der Waals surface area contributed by atoms with Crippen LogP contribution in [0.4, 0.5) is 0 Å². The molecule has 2 aliphatic rings. The predicted molar refractivity (Wildman–Crippen MR) is 102 cm³/mol. The van der Waals surface area contributed by atoms with E-state index in [9.17, 15) is 19.5 Å². The van der Waals surface area contributed by atoms with E-state index in [1.807, 2.05) is 6.07 Å². The zero-order valence-corrected chi connectivity index (χ0v) is 17.0. The number of carbonyl (C=O) groups is 3. The van der Waals surface area contributed by atoms with Crippen molar-refractivity contribution < 1.29 is 19.5 Å². The second-order valence-electron chi connectivity index (χ2n) is 5.74. The number of carboxylic acid groups (broad SMARTS) is 1. The number of rotatable bonds is 8. The summed E-state index contributed by atoms with van der Waals surface area (Å²) < 4.78 is 1.48. The van der Waals surface area contributed by atoms with Crippen LogP contribution < -0.4 is 5.32 Å². The van der Waals surface area contributed by atoms with E-state index in [0.717, 1.165) is 11.8 Å². The number of nitrogens with zero attached hydrogens (tertiary/aromatic N) is 6. The van der Waals surface area contributed by atoms with Gasteiger partial charge in [-0.1, -0.05) is 11.8 Å². The van der Waals surface area contributed by atoms with Crippen molar-refractivity contribution in [2.75, 3.05) is 23.0 Å². The van der Waals surface area contributed by atoms with Crippen molar-refractivity contribution in [3.63, 3.8) is 0 Å². The van der Waals surface area contributed by atoms with Crippen LogP contribution in [-0.4, -0.2) is 82.4 Å². The third-order valence-electron chi connectivity index (χ3n) is 3.92. The number of nitriles is 1. The molecule has 0 radical (unpaired) electrons. The molecule has 0 aromatic carbocycles. The number of nitrogens with one attached hydrogen (secondary N) is 1. The van der Waals surface area contributed by atoms with Gasteiger partial charge in [0.25, 0.3) is 5.91 Å². The summed E-state index contributed by atoms with van der Waals surface area (Å²) in [5.74, 6) is -0.967. The number of fused-ring (bicyclic) bond motifs is 1. The molecule has 11 nitrogen and oxygen atoms in total. The first kappa shape index (κ1) is 20.5. The van der Waals surface area contributed by atoms with Gasteiger partial charge in [-0.05, 0) is 16.0 Å². The smallest absolute Gasteiger partial charge is 0.352 e. The van der Waals surface area contributed by atoms with E-state index in [4.69, 9.17) is 5.26 Å². The fourth-order valence-corrected chi connectivity index (χ4v) is 5.49. The fraction of sp³-hybridized carbons (Fsp3) is 0.500. The minimum atomic E-state index is -1.18. The monoisotopic (exact) mass is 441 g/mol. The Morgan fingerprint density at radius 2 is 2.29 bits per heavy atom. The van der Waals surface area contributed by atoms with E-state index in [-0.39, 0.29) is 23.1 Å². The number of tetrazole rings is 1. The van der Waals surface area contributed by atoms with Crippen LogP contribution in [0, 0.1) is 11.3 Å². The van der Waals surface area contributed by atoms with Crippen molar-refractivity contribution in [2.45, 2.75) is 16.6 Å². The third-order valence-corrected chi connectivity index (χ3v) is 7.16. The average Bonchev–Trinajstić information content (AvgIpc) is 3.08. The van der Waals surface area contributed by atoms with Crippen molar-refractivity contribution in [3.05, 3.63) is 11.3 Å². The Hall–Kier alpha value is -2.24. The maximum atomic E-state index is 12.5. The molecular formula is C14H15N7O4S3. The third kappa shape index (κ3) is 4.10. The summed E-state index contributed by atoms with van der Waals surface area (Å²) >= 11 is 3.84. The Balaban J connectivity index is 1.67. The van der Waals surface area contributed by atoms with Gasteiger partial charge in [-0.2, -0.15) is 5.26 Å². The number of hydrogen-bond acceptors (Lipinski definition) is 10. The molecule has 14 heteroatoms. The molecule has 0 bridgehead atoms. The minimum absolute atomic E-state index is 0.0410. The first-order valence-corrected chi connectivity index (χ1v) is 11.1. The summed E-state index contributed by atoms with van der Waals surface area (Å²) in [6, 6.07) is 1.17. The fourth-order valence-electron chi connectivity index (χ4n) is 2.69. The van der Waals surface area contributed by atoms with Crippen molar-refractivity contribution in [3.8, 4) is 6.07 Å². The summed E-state index contributed by atoms with van der Waals surface area (Å²) in [6.45, 7) is 0. The molecule has 2 atom stereocenters. The number of thioether (sulfide) groups is 3. The van der Waals surface area contributed by atoms with Gasteiger partial charge in [-0.3, -0.25) is 14.5 Å². The Morgan fingerprint density at radius 3 is 2.93 bits per heavy atom. The largest absolute Gasteiger partial charge is 0.477 e. The zero-order valence-electron chi connectivity index (χ0n) is 14.6. The van der Waals surface area contributed by atoms with E-state index in [0.29, 0.717) is 22.2 Å². The van der Waals surface area contributed by atoms with Crippen molar-refractivity contribution in [1.29, 1.82) is 5.26 Å². The highest BCUT2D eigenvalue weighted by atomic mass is 32.2. The van der Waals surface area contributed by atoms with Gasteiger partial charge < -0.3 is 10.4 Å². The van der Waals surface area contributed by atoms with Crippen LogP contribution in [-0.2, 0) is 21.4 Å². The summed E-state index contributed by atoms with van der Waals surface area (Å²) in [6.07, 6.45) is 0. The maximum Gasteiger partial charge on any atom is 0.352 e. The lowest BCUT2D eigenvalue weighted by Gasteiger charge is -2.49. The first-order valence-electron chi connectivity index (χ1n) is 7.93. The second-order valence-corrected chi connectivity index (χ2v) is 8.77. The lowest BCUT2D eigenvalue weighted by Crippen LogP contribution is -2.70. The van der Waals surface area contributed by atoms with Crippen molar-refractivity contribution in [2.24, 2.45) is 7.05 Å². The highest BCUT2D eigenvalue weighted by Crippen LogP contribution is 2.41. The molecule has 0 saturated carbocycles. The summed E-state index contributed by atoms with van der Waals surface area (Å²) in [5.41, 5.74) is 0.560. The van der Waals surface area contributed by atoms with Gasteiger partial charge in [-0.25, -0.2) is 9.48 Å². The zero-order chi connectivity index (χ0) is 20.3. The van der Waals surface area contributed by atoms with Crippen LogP contribution in [0.25, 0.3) is 0 Å². The molecule has 1 fully saturated rings. The summed E-state index contributed by atoms with van der Waals surface area (Å²) in [4.78, 5) is 37.4. The van der Waals surface area contributed by atoms with Gasteiger partial charge in [0.1, 0.15) is 17.1 Å². The molecule has 3 rings (SSSR count). The normalized spacial score (nSPS) is 21.0. The molecular weight excluding hydrogens is 426 g/mol. The van der Waals surface area contributed by atoms with Crippen molar-refractivity contribution >= 4 is 53.1 Å². The van der Waals surface area contributed by atoms with Gasteiger partial charge >= 0.3 is 5.97 Å². The SMILES string of the molecule is Cn1nnnc1SCC1=C(C(=O)O)N2C(=O)[C@@H](NC(=O)CSCC#N)C2SC1. The number of aromatic nitrogens is 4. The van der Waals surface area contributed by atoms with Gasteiger partial charge in [0.05, 0.1) is 17.6 Å². The van der Waals surface area contributed by atoms with E-state index < -0.39 is 23.3 Å². The molecule has 3 heterocycles. The van der Waals surface area contributed by atoms with Crippen LogP contribution in [0.3, 0.4) is 0 Å². The molecule has 148 valence electrons. The Morgan fingerprint density at radius 1 is 1.50 bits per heavy atom. The van der Waals surface area contributed by atoms with E-state index >= 15 is 0 Å². The van der Waals surface area contributed by atoms with Gasteiger partial charge in [0, 0.05) is 18.6 Å². The van der Waals surface area contributed by atoms with Crippen molar-refractivity contribution in [1.82, 2.24) is 30.4 Å². The number of aryl methyl sites for hydroxylation is 1. The van der Waals surface area contributed by atoms with E-state index in [1.54, 1.807) is 7.05 Å². The highest BCUT2D eigenvalue weighted by Gasteiger charge is 2.54. The molecule has 1 aromatic rings. The Labute approximate surface area is 172 Å². The van der Waals surface area contributed by atoms with Gasteiger partial charge in [0.2, 0.25) is 11.1 Å². The number of amides is 2. The van der Waals surface area contributed by atoms with E-state index in [1.165, 1.54) is 33.1 Å². The van der Waals surface area contributed by atoms with Crippen LogP contribution >= 0.6 is 35.3 Å². The number of carbonyl (C=O) groups excluding carboxylic acids is 2. The van der Waals surface area contributed by atoms with Crippen LogP contribution in [0.2, 0.25) is 0 Å². The molecule has 0 aliphatic carbocycles. The maximum absolute atomic E-state index is 12.5. The van der Waals surface area contributed by atoms with Gasteiger partial charge in [0.15, 0.2) is 0 Å². The lowest BCUT2D eigenvalue weighted by molar-refractivity contribution is -0.150. The molecule has 2 aliphatic heterocycles. The quantitative estimate of drug-likeness (QED) is 0.299. The second kappa shape index (κ2) is 8.84. The standard InChI is InChI=1S/C14H15N7O4S3/c1-20-14(17-18-19-20)28-5-7-4-27-12-9(16-8(22)6-26-3-2-15)11(23)21(12)10(7)13(24)25/h9,12H,3-6H2,1H3,(H,16,22)(H,24,25)/t9-,12?/m1/s1. The Bertz CT molecular complexity index is 881. The number of carboxylic acids is 1. The number of β-lactam (4-membered cyclic amide) rings is 1. The predicted octanol–water partition coefficient (Wildman–Crippen LogP) is -0.702. The number of aliphatic carboxylic acids is 1. The minimum Gasteiger partial charge on any atom is -0.477 e. The molecule has 0 spiro atoms. The number of hydrogen-bond donors (Lipinski definition) is 2. The van der Waals surface area contributed by atoms with Gasteiger partial charge in [-0.15, -0.1) is 28.6 Å². The molecule has 2 amide bonds. The van der Waals surface area contributed by atoms with Crippen LogP contribution in [0.1, 0.15) is 0 Å². The molecule has 28 heavy (non-hydrogen) atoms. The summed E-state index contributed by atoms with van der Waals surface area (Å²) in [5, 5.41) is 32.0. The first-order chi connectivity index (χ1) is 13.4. The highest BCUT2D eigenvalue weighted by molar-refractivity contribution is 8.01. The summed E-state index contributed by atoms with van der Waals surface area (Å²) in [7, 11) is 1.68. The molecule has 1 unspecified atom stereocenters. The lowest BCUT2D eigenvalue weighted by atomic mass is 10.0. The topological polar surface area (TPSA) is 154 Å². The Kier molecular flexibility index (Phi) is 6.47. The molecule has 1 saturated heterocycles.